The molecule has 112 valence electrons. The average Bonchev–Trinajstić information content (AvgIpc) is 2.49. The third-order valence-corrected chi connectivity index (χ3v) is 4.55. The third kappa shape index (κ3) is 3.65. The van der Waals surface area contributed by atoms with Crippen LogP contribution in [0.15, 0.2) is 16.6 Å². The summed E-state index contributed by atoms with van der Waals surface area (Å²) in [6.07, 6.45) is 2.27. The maximum Gasteiger partial charge on any atom is 0.161 e. The molecular weight excluding hydrogens is 322 g/mol. The number of hydrogen-bond donors (Lipinski definition) is 1. The van der Waals surface area contributed by atoms with Crippen molar-refractivity contribution >= 4 is 15.9 Å². The Bertz CT molecular complexity index is 453. The Labute approximate surface area is 128 Å². The van der Waals surface area contributed by atoms with Gasteiger partial charge in [-0.05, 0) is 43.0 Å². The van der Waals surface area contributed by atoms with Crippen molar-refractivity contribution < 1.29 is 14.6 Å². The van der Waals surface area contributed by atoms with E-state index in [0.29, 0.717) is 5.92 Å². The van der Waals surface area contributed by atoms with Crippen LogP contribution in [0.25, 0.3) is 0 Å². The van der Waals surface area contributed by atoms with Gasteiger partial charge in [0.15, 0.2) is 11.5 Å². The van der Waals surface area contributed by atoms with Gasteiger partial charge in [0, 0.05) is 24.2 Å². The van der Waals surface area contributed by atoms with Crippen LogP contribution in [0.3, 0.4) is 0 Å². The first-order valence-electron chi connectivity index (χ1n) is 6.91. The number of benzene rings is 1. The van der Waals surface area contributed by atoms with E-state index in [1.54, 1.807) is 14.2 Å². The molecule has 0 saturated carbocycles. The number of hydrogen-bond acceptors (Lipinski definition) is 4. The van der Waals surface area contributed by atoms with Crippen molar-refractivity contribution in [1.29, 1.82) is 0 Å². The summed E-state index contributed by atoms with van der Waals surface area (Å²) in [5.41, 5.74) is 1.18. The van der Waals surface area contributed by atoms with E-state index in [9.17, 15) is 5.11 Å². The first-order valence-corrected chi connectivity index (χ1v) is 7.70. The number of nitrogens with zero attached hydrogens (tertiary/aromatic N) is 1. The van der Waals surface area contributed by atoms with E-state index in [1.807, 2.05) is 12.1 Å². The zero-order valence-corrected chi connectivity index (χ0v) is 13.6. The number of halogens is 1. The SMILES string of the molecule is COc1cc(Br)c(CN2CCC[C@H](CO)C2)cc1OC. The molecule has 0 amide bonds. The number of rotatable bonds is 5. The molecule has 4 nitrogen and oxygen atoms in total. The highest BCUT2D eigenvalue weighted by Gasteiger charge is 2.20. The summed E-state index contributed by atoms with van der Waals surface area (Å²) in [5.74, 6) is 1.89. The molecule has 0 radical (unpaired) electrons. The molecule has 0 aromatic heterocycles. The second kappa shape index (κ2) is 7.29. The molecule has 1 saturated heterocycles. The van der Waals surface area contributed by atoms with Crippen LogP contribution in [0.5, 0.6) is 11.5 Å². The highest BCUT2D eigenvalue weighted by Crippen LogP contribution is 2.34. The number of likely N-dealkylation sites (tertiary alicyclic amines) is 1. The van der Waals surface area contributed by atoms with Gasteiger partial charge >= 0.3 is 0 Å². The van der Waals surface area contributed by atoms with Crippen molar-refractivity contribution in [3.05, 3.63) is 22.2 Å². The summed E-state index contributed by atoms with van der Waals surface area (Å²) in [7, 11) is 3.29. The van der Waals surface area contributed by atoms with E-state index in [1.165, 1.54) is 5.56 Å². The highest BCUT2D eigenvalue weighted by molar-refractivity contribution is 9.10. The van der Waals surface area contributed by atoms with Crippen molar-refractivity contribution in [1.82, 2.24) is 4.90 Å². The molecule has 1 aliphatic rings. The van der Waals surface area contributed by atoms with Crippen LogP contribution in [-0.2, 0) is 6.54 Å². The van der Waals surface area contributed by atoms with Crippen LogP contribution in [0.1, 0.15) is 18.4 Å². The van der Waals surface area contributed by atoms with Gasteiger partial charge in [0.25, 0.3) is 0 Å². The predicted octanol–water partition coefficient (Wildman–Crippen LogP) is 2.67. The third-order valence-electron chi connectivity index (χ3n) is 3.81. The van der Waals surface area contributed by atoms with Gasteiger partial charge in [0.1, 0.15) is 0 Å². The molecule has 0 aliphatic carbocycles. The summed E-state index contributed by atoms with van der Waals surface area (Å²) >= 11 is 3.60. The van der Waals surface area contributed by atoms with E-state index < -0.39 is 0 Å². The molecule has 0 unspecified atom stereocenters. The van der Waals surface area contributed by atoms with Crippen LogP contribution < -0.4 is 9.47 Å². The summed E-state index contributed by atoms with van der Waals surface area (Å²) in [6.45, 7) is 3.18. The van der Waals surface area contributed by atoms with Gasteiger partial charge in [-0.1, -0.05) is 15.9 Å². The molecule has 20 heavy (non-hydrogen) atoms. The fourth-order valence-corrected chi connectivity index (χ4v) is 3.15. The number of aliphatic hydroxyl groups excluding tert-OH is 1. The van der Waals surface area contributed by atoms with Crippen molar-refractivity contribution in [2.75, 3.05) is 33.9 Å². The fourth-order valence-electron chi connectivity index (χ4n) is 2.70. The maximum atomic E-state index is 9.31. The minimum absolute atomic E-state index is 0.281. The average molecular weight is 344 g/mol. The van der Waals surface area contributed by atoms with E-state index >= 15 is 0 Å². The predicted molar refractivity (Wildman–Crippen MR) is 82.3 cm³/mol. The zero-order chi connectivity index (χ0) is 14.5. The van der Waals surface area contributed by atoms with Gasteiger partial charge in [-0.2, -0.15) is 0 Å². The van der Waals surface area contributed by atoms with Gasteiger partial charge < -0.3 is 14.6 Å². The lowest BCUT2D eigenvalue weighted by Gasteiger charge is -2.32. The Kier molecular flexibility index (Phi) is 5.69. The van der Waals surface area contributed by atoms with Crippen molar-refractivity contribution in [2.24, 2.45) is 5.92 Å². The molecular formula is C15H22BrNO3. The first-order chi connectivity index (χ1) is 9.67. The van der Waals surface area contributed by atoms with Crippen molar-refractivity contribution in [3.8, 4) is 11.5 Å². The van der Waals surface area contributed by atoms with E-state index in [-0.39, 0.29) is 6.61 Å². The minimum atomic E-state index is 0.281. The molecule has 0 bridgehead atoms. The lowest BCUT2D eigenvalue weighted by Crippen LogP contribution is -2.36. The number of aliphatic hydroxyl groups is 1. The molecule has 2 rings (SSSR count). The zero-order valence-electron chi connectivity index (χ0n) is 12.1. The standard InChI is InChI=1S/C15H22BrNO3/c1-19-14-6-12(13(16)7-15(14)20-2)9-17-5-3-4-11(8-17)10-18/h6-7,11,18H,3-5,8-10H2,1-2H3/t11-/m0/s1. The maximum absolute atomic E-state index is 9.31. The first kappa shape index (κ1) is 15.6. The van der Waals surface area contributed by atoms with Crippen molar-refractivity contribution in [2.45, 2.75) is 19.4 Å². The lowest BCUT2D eigenvalue weighted by molar-refractivity contribution is 0.115. The fraction of sp³-hybridized carbons (Fsp3) is 0.600. The van der Waals surface area contributed by atoms with Crippen LogP contribution in [0.2, 0.25) is 0 Å². The molecule has 1 aliphatic heterocycles. The van der Waals surface area contributed by atoms with Gasteiger partial charge in [-0.15, -0.1) is 0 Å². The largest absolute Gasteiger partial charge is 0.493 e. The van der Waals surface area contributed by atoms with Gasteiger partial charge in [-0.3, -0.25) is 4.90 Å². The van der Waals surface area contributed by atoms with Crippen LogP contribution in [0.4, 0.5) is 0 Å². The molecule has 1 aromatic rings. The van der Waals surface area contributed by atoms with E-state index in [0.717, 1.165) is 48.4 Å². The van der Waals surface area contributed by atoms with Gasteiger partial charge in [0.05, 0.1) is 14.2 Å². The minimum Gasteiger partial charge on any atom is -0.493 e. The van der Waals surface area contributed by atoms with E-state index in [2.05, 4.69) is 20.8 Å². The number of ether oxygens (including phenoxy) is 2. The summed E-state index contributed by atoms with van der Waals surface area (Å²) in [5, 5.41) is 9.31. The Morgan fingerprint density at radius 1 is 1.30 bits per heavy atom. The Morgan fingerprint density at radius 2 is 2.00 bits per heavy atom. The Morgan fingerprint density at radius 3 is 2.65 bits per heavy atom. The van der Waals surface area contributed by atoms with Crippen LogP contribution in [-0.4, -0.2) is 43.9 Å². The molecule has 5 heteroatoms. The summed E-state index contributed by atoms with van der Waals surface area (Å²) in [4.78, 5) is 2.39. The normalized spacial score (nSPS) is 19.9. The second-order valence-corrected chi connectivity index (χ2v) is 6.08. The van der Waals surface area contributed by atoms with Gasteiger partial charge in [-0.25, -0.2) is 0 Å². The topological polar surface area (TPSA) is 41.9 Å². The highest BCUT2D eigenvalue weighted by atomic mass is 79.9. The second-order valence-electron chi connectivity index (χ2n) is 5.22. The summed E-state index contributed by atoms with van der Waals surface area (Å²) < 4.78 is 11.7. The van der Waals surface area contributed by atoms with Crippen LogP contribution >= 0.6 is 15.9 Å². The summed E-state index contributed by atoms with van der Waals surface area (Å²) in [6, 6.07) is 3.97. The Hall–Kier alpha value is -0.780. The molecule has 1 heterocycles. The van der Waals surface area contributed by atoms with Crippen molar-refractivity contribution in [3.63, 3.8) is 0 Å². The molecule has 1 aromatic carbocycles. The monoisotopic (exact) mass is 343 g/mol. The molecule has 1 atom stereocenters. The molecule has 0 spiro atoms. The quantitative estimate of drug-likeness (QED) is 0.892. The smallest absolute Gasteiger partial charge is 0.161 e. The number of methoxy groups -OCH3 is 2. The van der Waals surface area contributed by atoms with Gasteiger partial charge in [0.2, 0.25) is 0 Å². The van der Waals surface area contributed by atoms with Crippen LogP contribution in [0, 0.1) is 5.92 Å². The number of piperidine rings is 1. The Balaban J connectivity index is 2.12. The molecule has 1 fully saturated rings. The lowest BCUT2D eigenvalue weighted by atomic mass is 9.98. The molecule has 1 N–H and O–H groups in total. The van der Waals surface area contributed by atoms with E-state index in [4.69, 9.17) is 9.47 Å².